The Bertz CT molecular complexity index is 1290. The predicted molar refractivity (Wildman–Crippen MR) is 116 cm³/mol. The Hall–Kier alpha value is -2.80. The van der Waals surface area contributed by atoms with E-state index in [0.717, 1.165) is 16.3 Å². The Balaban J connectivity index is 1.76. The van der Waals surface area contributed by atoms with Crippen LogP contribution in [0.15, 0.2) is 59.5 Å². The molecule has 1 N–H and O–H groups in total. The lowest BCUT2D eigenvalue weighted by molar-refractivity contribution is -0.0401. The summed E-state index contributed by atoms with van der Waals surface area (Å²) in [4.78, 5) is 22.7. The summed E-state index contributed by atoms with van der Waals surface area (Å²) in [6.07, 6.45) is 1.88. The Morgan fingerprint density at radius 2 is 2.00 bits per heavy atom. The molecule has 1 aliphatic rings. The van der Waals surface area contributed by atoms with E-state index in [2.05, 4.69) is 4.98 Å². The second kappa shape index (κ2) is 7.80. The number of hydrogen-bond acceptors (Lipinski definition) is 5. The number of rotatable bonds is 3. The number of hydrogen-bond donors (Lipinski definition) is 1. The third kappa shape index (κ3) is 3.37. The number of aliphatic hydroxyl groups is 1. The molecule has 1 saturated heterocycles. The first-order valence-electron chi connectivity index (χ1n) is 9.91. The summed E-state index contributed by atoms with van der Waals surface area (Å²) in [6, 6.07) is 14.9. The van der Waals surface area contributed by atoms with E-state index in [4.69, 9.17) is 21.3 Å². The molecule has 5 rings (SSSR count). The van der Waals surface area contributed by atoms with E-state index in [0.29, 0.717) is 41.3 Å². The first kappa shape index (κ1) is 19.2. The molecule has 0 aliphatic carbocycles. The van der Waals surface area contributed by atoms with Crippen LogP contribution in [-0.4, -0.2) is 39.0 Å². The Morgan fingerprint density at radius 1 is 1.13 bits per heavy atom. The molecular weight excluding hydrogens is 402 g/mol. The summed E-state index contributed by atoms with van der Waals surface area (Å²) >= 11 is 5.93. The van der Waals surface area contributed by atoms with Crippen LogP contribution in [0, 0.1) is 0 Å². The van der Waals surface area contributed by atoms with Crippen molar-refractivity contribution in [1.82, 2.24) is 14.5 Å². The van der Waals surface area contributed by atoms with E-state index in [1.54, 1.807) is 16.8 Å². The van der Waals surface area contributed by atoms with Crippen molar-refractivity contribution in [3.63, 3.8) is 0 Å². The number of ether oxygens (including phenoxy) is 1. The zero-order valence-electron chi connectivity index (χ0n) is 16.2. The minimum Gasteiger partial charge on any atom is -0.389 e. The highest BCUT2D eigenvalue weighted by atomic mass is 35.5. The van der Waals surface area contributed by atoms with Gasteiger partial charge in [0.25, 0.3) is 5.56 Å². The lowest BCUT2D eigenvalue weighted by Crippen LogP contribution is -2.41. The minimum absolute atomic E-state index is 0.145. The second-order valence-electron chi connectivity index (χ2n) is 7.55. The SMILES string of the molecule is O=c1c2ccc3ccccc3c2nc(Cc2ccc(Cl)nc2)n1[C@H]1CCOC[C@@H]1O. The van der Waals surface area contributed by atoms with Gasteiger partial charge >= 0.3 is 0 Å². The predicted octanol–water partition coefficient (Wildman–Crippen LogP) is 3.51. The Morgan fingerprint density at radius 3 is 2.80 bits per heavy atom. The van der Waals surface area contributed by atoms with E-state index >= 15 is 0 Å². The van der Waals surface area contributed by atoms with Crippen LogP contribution in [-0.2, 0) is 11.2 Å². The van der Waals surface area contributed by atoms with Gasteiger partial charge in [-0.05, 0) is 29.5 Å². The number of fused-ring (bicyclic) bond motifs is 3. The highest BCUT2D eigenvalue weighted by Crippen LogP contribution is 2.27. The monoisotopic (exact) mass is 421 g/mol. The van der Waals surface area contributed by atoms with Gasteiger partial charge in [0.05, 0.1) is 29.7 Å². The van der Waals surface area contributed by atoms with Crippen molar-refractivity contribution in [3.8, 4) is 0 Å². The van der Waals surface area contributed by atoms with E-state index in [-0.39, 0.29) is 18.2 Å². The molecule has 7 heteroatoms. The maximum absolute atomic E-state index is 13.6. The summed E-state index contributed by atoms with van der Waals surface area (Å²) in [7, 11) is 0. The number of benzene rings is 2. The largest absolute Gasteiger partial charge is 0.389 e. The smallest absolute Gasteiger partial charge is 0.261 e. The van der Waals surface area contributed by atoms with Crippen LogP contribution in [0.4, 0.5) is 0 Å². The summed E-state index contributed by atoms with van der Waals surface area (Å²) in [6.45, 7) is 0.695. The van der Waals surface area contributed by atoms with Gasteiger partial charge in [-0.15, -0.1) is 0 Å². The molecule has 0 bridgehead atoms. The lowest BCUT2D eigenvalue weighted by Gasteiger charge is -2.31. The van der Waals surface area contributed by atoms with Gasteiger partial charge in [0, 0.05) is 24.6 Å². The van der Waals surface area contributed by atoms with E-state index in [1.807, 2.05) is 42.5 Å². The molecule has 30 heavy (non-hydrogen) atoms. The van der Waals surface area contributed by atoms with Crippen LogP contribution in [0.1, 0.15) is 23.9 Å². The lowest BCUT2D eigenvalue weighted by atomic mass is 10.0. The van der Waals surface area contributed by atoms with Crippen LogP contribution < -0.4 is 5.56 Å². The number of pyridine rings is 1. The zero-order chi connectivity index (χ0) is 20.7. The molecule has 2 atom stereocenters. The molecule has 0 unspecified atom stereocenters. The molecule has 6 nitrogen and oxygen atoms in total. The van der Waals surface area contributed by atoms with Gasteiger partial charge in [-0.1, -0.05) is 48.0 Å². The molecule has 4 aromatic rings. The molecule has 2 aromatic carbocycles. The van der Waals surface area contributed by atoms with Gasteiger partial charge in [-0.2, -0.15) is 0 Å². The minimum atomic E-state index is -0.766. The van der Waals surface area contributed by atoms with Gasteiger partial charge < -0.3 is 9.84 Å². The third-order valence-electron chi connectivity index (χ3n) is 5.64. The van der Waals surface area contributed by atoms with Crippen molar-refractivity contribution in [1.29, 1.82) is 0 Å². The van der Waals surface area contributed by atoms with E-state index in [1.165, 1.54) is 0 Å². The maximum Gasteiger partial charge on any atom is 0.261 e. The fourth-order valence-corrected chi connectivity index (χ4v) is 4.26. The normalized spacial score (nSPS) is 19.4. The van der Waals surface area contributed by atoms with Crippen LogP contribution in [0.3, 0.4) is 0 Å². The van der Waals surface area contributed by atoms with Crippen molar-refractivity contribution in [3.05, 3.63) is 81.6 Å². The molecule has 0 spiro atoms. The maximum atomic E-state index is 13.6. The molecule has 0 radical (unpaired) electrons. The molecule has 0 amide bonds. The number of halogens is 1. The third-order valence-corrected chi connectivity index (χ3v) is 5.87. The average Bonchev–Trinajstić information content (AvgIpc) is 2.76. The molecule has 1 fully saturated rings. The summed E-state index contributed by atoms with van der Waals surface area (Å²) < 4.78 is 7.03. The van der Waals surface area contributed by atoms with Crippen LogP contribution in [0.25, 0.3) is 21.7 Å². The fraction of sp³-hybridized carbons (Fsp3) is 0.261. The van der Waals surface area contributed by atoms with Crippen LogP contribution in [0.2, 0.25) is 5.15 Å². The first-order valence-corrected chi connectivity index (χ1v) is 10.3. The number of aromatic nitrogens is 3. The Labute approximate surface area is 177 Å². The molecular formula is C23H20ClN3O3. The van der Waals surface area contributed by atoms with Gasteiger partial charge in [0.2, 0.25) is 0 Å². The average molecular weight is 422 g/mol. The van der Waals surface area contributed by atoms with Gasteiger partial charge in [-0.3, -0.25) is 9.36 Å². The van der Waals surface area contributed by atoms with E-state index < -0.39 is 6.10 Å². The van der Waals surface area contributed by atoms with Gasteiger partial charge in [0.1, 0.15) is 11.0 Å². The number of aliphatic hydroxyl groups excluding tert-OH is 1. The fourth-order valence-electron chi connectivity index (χ4n) is 4.15. The highest BCUT2D eigenvalue weighted by molar-refractivity contribution is 6.29. The zero-order valence-corrected chi connectivity index (χ0v) is 16.9. The van der Waals surface area contributed by atoms with Gasteiger partial charge in [0.15, 0.2) is 0 Å². The van der Waals surface area contributed by atoms with Crippen molar-refractivity contribution in [2.24, 2.45) is 0 Å². The van der Waals surface area contributed by atoms with Crippen molar-refractivity contribution in [2.75, 3.05) is 13.2 Å². The molecule has 0 saturated carbocycles. The highest BCUT2D eigenvalue weighted by Gasteiger charge is 2.29. The second-order valence-corrected chi connectivity index (χ2v) is 7.94. The standard InChI is InChI=1S/C23H20ClN3O3/c24-20-8-5-14(12-25-20)11-21-26-22-16-4-2-1-3-15(16)6-7-17(22)23(29)27(21)18-9-10-30-13-19(18)28/h1-8,12,18-19,28H,9-11,13H2/t18-,19-/m0/s1. The van der Waals surface area contributed by atoms with Crippen molar-refractivity contribution < 1.29 is 9.84 Å². The summed E-state index contributed by atoms with van der Waals surface area (Å²) in [5.74, 6) is 0.596. The van der Waals surface area contributed by atoms with E-state index in [9.17, 15) is 9.90 Å². The van der Waals surface area contributed by atoms with Crippen LogP contribution in [0.5, 0.6) is 0 Å². The van der Waals surface area contributed by atoms with Crippen molar-refractivity contribution in [2.45, 2.75) is 25.0 Å². The molecule has 2 aromatic heterocycles. The van der Waals surface area contributed by atoms with Crippen LogP contribution >= 0.6 is 11.6 Å². The topological polar surface area (TPSA) is 77.2 Å². The van der Waals surface area contributed by atoms with Gasteiger partial charge in [-0.25, -0.2) is 9.97 Å². The van der Waals surface area contributed by atoms with Crippen molar-refractivity contribution >= 4 is 33.3 Å². The first-order chi connectivity index (χ1) is 14.6. The number of nitrogens with zero attached hydrogens (tertiary/aromatic N) is 3. The molecule has 1 aliphatic heterocycles. The molecule has 152 valence electrons. The molecule has 3 heterocycles. The quantitative estimate of drug-likeness (QED) is 0.404. The Kier molecular flexibility index (Phi) is 4.98. The summed E-state index contributed by atoms with van der Waals surface area (Å²) in [5.41, 5.74) is 1.42. The summed E-state index contributed by atoms with van der Waals surface area (Å²) in [5, 5.41) is 13.5.